The lowest BCUT2D eigenvalue weighted by molar-refractivity contribution is 0.0724. The molecule has 0 unspecified atom stereocenters. The molecule has 17 heavy (non-hydrogen) atoms. The highest BCUT2D eigenvalue weighted by atomic mass is 16.2. The van der Waals surface area contributed by atoms with Crippen LogP contribution in [0.2, 0.25) is 0 Å². The molecule has 0 radical (unpaired) electrons. The van der Waals surface area contributed by atoms with E-state index in [1.54, 1.807) is 0 Å². The third kappa shape index (κ3) is 2.58. The number of hydrazine groups is 1. The Kier molecular flexibility index (Phi) is 3.64. The van der Waals surface area contributed by atoms with Crippen LogP contribution in [0, 0.1) is 6.92 Å². The summed E-state index contributed by atoms with van der Waals surface area (Å²) in [6.45, 7) is 3.71. The number of carbonyl (C=O) groups excluding carboxylic acids is 1. The zero-order valence-corrected chi connectivity index (χ0v) is 10.2. The molecule has 92 valence electrons. The number of likely N-dealkylation sites (tertiary alicyclic amines) is 1. The van der Waals surface area contributed by atoms with Gasteiger partial charge in [-0.1, -0.05) is 0 Å². The van der Waals surface area contributed by atoms with E-state index in [2.05, 4.69) is 5.43 Å². The molecule has 1 aliphatic rings. The van der Waals surface area contributed by atoms with E-state index in [4.69, 9.17) is 5.84 Å². The molecule has 1 aromatic rings. The number of amides is 1. The van der Waals surface area contributed by atoms with Gasteiger partial charge in [0.1, 0.15) is 0 Å². The van der Waals surface area contributed by atoms with E-state index >= 15 is 0 Å². The Morgan fingerprint density at radius 2 is 2.00 bits per heavy atom. The minimum atomic E-state index is 0.136. The van der Waals surface area contributed by atoms with Crippen molar-refractivity contribution in [1.82, 2.24) is 4.90 Å². The summed E-state index contributed by atoms with van der Waals surface area (Å²) in [6, 6.07) is 5.58. The first-order valence-corrected chi connectivity index (χ1v) is 6.09. The van der Waals surface area contributed by atoms with Gasteiger partial charge in [-0.15, -0.1) is 0 Å². The molecule has 1 fully saturated rings. The first-order chi connectivity index (χ1) is 8.22. The number of aryl methyl sites for hydroxylation is 1. The molecule has 0 aliphatic carbocycles. The molecule has 3 N–H and O–H groups in total. The predicted octanol–water partition coefficient (Wildman–Crippen LogP) is 1.91. The SMILES string of the molecule is Cc1cc(C(=O)N2CCCCC2)ccc1NN. The van der Waals surface area contributed by atoms with Crippen molar-refractivity contribution in [2.24, 2.45) is 5.84 Å². The third-order valence-electron chi connectivity index (χ3n) is 3.27. The number of hydrogen-bond donors (Lipinski definition) is 2. The minimum absolute atomic E-state index is 0.136. The second-order valence-corrected chi connectivity index (χ2v) is 4.53. The van der Waals surface area contributed by atoms with Crippen LogP contribution in [0.1, 0.15) is 35.2 Å². The highest BCUT2D eigenvalue weighted by molar-refractivity contribution is 5.95. The zero-order valence-electron chi connectivity index (χ0n) is 10.2. The predicted molar refractivity (Wildman–Crippen MR) is 68.7 cm³/mol. The van der Waals surface area contributed by atoms with Gasteiger partial charge in [0.15, 0.2) is 0 Å². The number of anilines is 1. The molecule has 1 aromatic carbocycles. The van der Waals surface area contributed by atoms with E-state index in [1.807, 2.05) is 30.0 Å². The molecule has 2 rings (SSSR count). The topological polar surface area (TPSA) is 58.4 Å². The van der Waals surface area contributed by atoms with Crippen LogP contribution in [0.5, 0.6) is 0 Å². The van der Waals surface area contributed by atoms with E-state index in [9.17, 15) is 4.79 Å². The molecule has 0 spiro atoms. The smallest absolute Gasteiger partial charge is 0.253 e. The van der Waals surface area contributed by atoms with Gasteiger partial charge < -0.3 is 10.3 Å². The lowest BCUT2D eigenvalue weighted by Gasteiger charge is -2.27. The molecule has 1 heterocycles. The summed E-state index contributed by atoms with van der Waals surface area (Å²) in [5, 5.41) is 0. The molecule has 0 aromatic heterocycles. The molecule has 1 saturated heterocycles. The van der Waals surface area contributed by atoms with Crippen LogP contribution >= 0.6 is 0 Å². The van der Waals surface area contributed by atoms with Crippen molar-refractivity contribution in [1.29, 1.82) is 0 Å². The molecule has 1 aliphatic heterocycles. The summed E-state index contributed by atoms with van der Waals surface area (Å²) in [4.78, 5) is 14.2. The summed E-state index contributed by atoms with van der Waals surface area (Å²) in [7, 11) is 0. The molecule has 4 heteroatoms. The maximum atomic E-state index is 12.2. The second kappa shape index (κ2) is 5.19. The Morgan fingerprint density at radius 3 is 2.59 bits per heavy atom. The highest BCUT2D eigenvalue weighted by Crippen LogP contribution is 2.18. The summed E-state index contributed by atoms with van der Waals surface area (Å²) in [5.41, 5.74) is 5.23. The summed E-state index contributed by atoms with van der Waals surface area (Å²) >= 11 is 0. The normalized spacial score (nSPS) is 15.8. The van der Waals surface area contributed by atoms with Crippen molar-refractivity contribution in [3.05, 3.63) is 29.3 Å². The Balaban J connectivity index is 2.16. The lowest BCUT2D eigenvalue weighted by atomic mass is 10.1. The van der Waals surface area contributed by atoms with E-state index < -0.39 is 0 Å². The largest absolute Gasteiger partial charge is 0.339 e. The fraction of sp³-hybridized carbons (Fsp3) is 0.462. The van der Waals surface area contributed by atoms with Crippen LogP contribution in [0.15, 0.2) is 18.2 Å². The second-order valence-electron chi connectivity index (χ2n) is 4.53. The van der Waals surface area contributed by atoms with Crippen LogP contribution in [0.25, 0.3) is 0 Å². The Labute approximate surface area is 102 Å². The standard InChI is InChI=1S/C13H19N3O/c1-10-9-11(5-6-12(10)15-14)13(17)16-7-3-2-4-8-16/h5-6,9,15H,2-4,7-8,14H2,1H3. The van der Waals surface area contributed by atoms with Crippen molar-refractivity contribution >= 4 is 11.6 Å². The van der Waals surface area contributed by atoms with Crippen molar-refractivity contribution in [3.8, 4) is 0 Å². The van der Waals surface area contributed by atoms with Gasteiger partial charge in [-0.25, -0.2) is 0 Å². The summed E-state index contributed by atoms with van der Waals surface area (Å²) in [5.74, 6) is 5.51. The maximum absolute atomic E-state index is 12.2. The van der Waals surface area contributed by atoms with Gasteiger partial charge in [-0.3, -0.25) is 10.6 Å². The quantitative estimate of drug-likeness (QED) is 0.606. The molecule has 0 bridgehead atoms. The molecule has 1 amide bonds. The van der Waals surface area contributed by atoms with Gasteiger partial charge in [0.2, 0.25) is 0 Å². The van der Waals surface area contributed by atoms with Gasteiger partial charge in [0.25, 0.3) is 5.91 Å². The van der Waals surface area contributed by atoms with Gasteiger partial charge in [0, 0.05) is 18.7 Å². The molecule has 0 saturated carbocycles. The van der Waals surface area contributed by atoms with Gasteiger partial charge in [0.05, 0.1) is 5.69 Å². The monoisotopic (exact) mass is 233 g/mol. The number of hydrogen-bond acceptors (Lipinski definition) is 3. The van der Waals surface area contributed by atoms with Crippen LogP contribution in [-0.2, 0) is 0 Å². The first-order valence-electron chi connectivity index (χ1n) is 6.09. The fourth-order valence-electron chi connectivity index (χ4n) is 2.24. The number of nitrogens with one attached hydrogen (secondary N) is 1. The lowest BCUT2D eigenvalue weighted by Crippen LogP contribution is -2.35. The van der Waals surface area contributed by atoms with E-state index in [1.165, 1.54) is 6.42 Å². The van der Waals surface area contributed by atoms with Crippen molar-refractivity contribution < 1.29 is 4.79 Å². The van der Waals surface area contributed by atoms with Crippen LogP contribution in [0.3, 0.4) is 0 Å². The van der Waals surface area contributed by atoms with Crippen molar-refractivity contribution in [3.63, 3.8) is 0 Å². The summed E-state index contributed by atoms with van der Waals surface area (Å²) < 4.78 is 0. The first kappa shape index (κ1) is 11.9. The number of nitrogen functional groups attached to an aromatic ring is 1. The van der Waals surface area contributed by atoms with E-state index in [0.29, 0.717) is 0 Å². The zero-order chi connectivity index (χ0) is 12.3. The Morgan fingerprint density at radius 1 is 1.29 bits per heavy atom. The molecular formula is C13H19N3O. The number of nitrogens with zero attached hydrogens (tertiary/aromatic N) is 1. The van der Waals surface area contributed by atoms with Crippen LogP contribution in [-0.4, -0.2) is 23.9 Å². The van der Waals surface area contributed by atoms with Gasteiger partial charge in [-0.2, -0.15) is 0 Å². The fourth-order valence-corrected chi connectivity index (χ4v) is 2.24. The number of nitrogens with two attached hydrogens (primary N) is 1. The minimum Gasteiger partial charge on any atom is -0.339 e. The number of rotatable bonds is 2. The molecule has 4 nitrogen and oxygen atoms in total. The summed E-state index contributed by atoms with van der Waals surface area (Å²) in [6.07, 6.45) is 3.47. The average molecular weight is 233 g/mol. The van der Waals surface area contributed by atoms with E-state index in [-0.39, 0.29) is 5.91 Å². The third-order valence-corrected chi connectivity index (χ3v) is 3.27. The average Bonchev–Trinajstić information content (AvgIpc) is 2.39. The van der Waals surface area contributed by atoms with Gasteiger partial charge in [-0.05, 0) is 49.9 Å². The van der Waals surface area contributed by atoms with Crippen molar-refractivity contribution in [2.75, 3.05) is 18.5 Å². The van der Waals surface area contributed by atoms with Gasteiger partial charge >= 0.3 is 0 Å². The molecular weight excluding hydrogens is 214 g/mol. The Hall–Kier alpha value is -1.55. The van der Waals surface area contributed by atoms with Crippen LogP contribution < -0.4 is 11.3 Å². The number of piperidine rings is 1. The molecule has 0 atom stereocenters. The van der Waals surface area contributed by atoms with Crippen molar-refractivity contribution in [2.45, 2.75) is 26.2 Å². The highest BCUT2D eigenvalue weighted by Gasteiger charge is 2.18. The Bertz CT molecular complexity index is 411. The number of carbonyl (C=O) groups is 1. The van der Waals surface area contributed by atoms with Crippen LogP contribution in [0.4, 0.5) is 5.69 Å². The maximum Gasteiger partial charge on any atom is 0.253 e. The number of benzene rings is 1. The van der Waals surface area contributed by atoms with E-state index in [0.717, 1.165) is 42.7 Å².